The Morgan fingerprint density at radius 1 is 1.30 bits per heavy atom. The van der Waals surface area contributed by atoms with Gasteiger partial charge in [0.05, 0.1) is 24.0 Å². The Bertz CT molecular complexity index is 565. The summed E-state index contributed by atoms with van der Waals surface area (Å²) in [6, 6.07) is 11.4. The van der Waals surface area contributed by atoms with Crippen molar-refractivity contribution in [1.82, 2.24) is 4.90 Å². The lowest BCUT2D eigenvalue weighted by Gasteiger charge is -2.26. The topological polar surface area (TPSA) is 53.7 Å². The summed E-state index contributed by atoms with van der Waals surface area (Å²) >= 11 is 0. The highest BCUT2D eigenvalue weighted by molar-refractivity contribution is 5.94. The molecule has 1 aromatic carbocycles. The minimum Gasteiger partial charge on any atom is -0.472 e. The van der Waals surface area contributed by atoms with E-state index < -0.39 is 6.10 Å². The number of carbonyl (C=O) groups excluding carboxylic acids is 1. The van der Waals surface area contributed by atoms with Crippen molar-refractivity contribution in [3.8, 4) is 0 Å². The Morgan fingerprint density at radius 2 is 2.10 bits per heavy atom. The Balaban J connectivity index is 1.78. The number of carbonyl (C=O) groups is 1. The standard InChI is InChI=1S/C16H17NO3/c18-15-6-8-17(16(19)13-7-9-20-11-13)14(15)10-12-4-2-1-3-5-12/h1-5,7,9,11,14-15,18H,6,8,10H2/t14-,15-/m1/s1. The number of hydrogen-bond acceptors (Lipinski definition) is 3. The zero-order valence-corrected chi connectivity index (χ0v) is 11.1. The van der Waals surface area contributed by atoms with Crippen molar-refractivity contribution >= 4 is 5.91 Å². The van der Waals surface area contributed by atoms with Gasteiger partial charge < -0.3 is 14.4 Å². The SMILES string of the molecule is O=C(c1ccoc1)N1CC[C@@H](O)[C@H]1Cc1ccccc1. The van der Waals surface area contributed by atoms with E-state index in [1.165, 1.54) is 12.5 Å². The van der Waals surface area contributed by atoms with Gasteiger partial charge >= 0.3 is 0 Å². The molecule has 0 saturated carbocycles. The number of hydrogen-bond donors (Lipinski definition) is 1. The quantitative estimate of drug-likeness (QED) is 0.930. The molecule has 4 heteroatoms. The van der Waals surface area contributed by atoms with Crippen molar-refractivity contribution < 1.29 is 14.3 Å². The van der Waals surface area contributed by atoms with Crippen LogP contribution >= 0.6 is 0 Å². The van der Waals surface area contributed by atoms with E-state index in [0.29, 0.717) is 24.9 Å². The normalized spacial score (nSPS) is 22.1. The first-order valence-electron chi connectivity index (χ1n) is 6.81. The van der Waals surface area contributed by atoms with E-state index >= 15 is 0 Å². The molecule has 2 atom stereocenters. The van der Waals surface area contributed by atoms with Crippen molar-refractivity contribution in [2.45, 2.75) is 25.0 Å². The minimum absolute atomic E-state index is 0.0729. The van der Waals surface area contributed by atoms with E-state index in [2.05, 4.69) is 0 Å². The molecule has 1 aromatic heterocycles. The zero-order valence-electron chi connectivity index (χ0n) is 11.1. The summed E-state index contributed by atoms with van der Waals surface area (Å²) in [7, 11) is 0. The third kappa shape index (κ3) is 2.47. The van der Waals surface area contributed by atoms with E-state index in [4.69, 9.17) is 4.42 Å². The second-order valence-corrected chi connectivity index (χ2v) is 5.12. The lowest BCUT2D eigenvalue weighted by atomic mass is 10.0. The van der Waals surface area contributed by atoms with E-state index in [-0.39, 0.29) is 11.9 Å². The number of benzene rings is 1. The predicted molar refractivity (Wildman–Crippen MR) is 74.3 cm³/mol. The van der Waals surface area contributed by atoms with Crippen LogP contribution < -0.4 is 0 Å². The largest absolute Gasteiger partial charge is 0.472 e. The van der Waals surface area contributed by atoms with Crippen LogP contribution in [0.5, 0.6) is 0 Å². The number of aliphatic hydroxyl groups excluding tert-OH is 1. The summed E-state index contributed by atoms with van der Waals surface area (Å²) in [5.41, 5.74) is 1.67. The fraction of sp³-hybridized carbons (Fsp3) is 0.312. The molecule has 0 unspecified atom stereocenters. The molecule has 20 heavy (non-hydrogen) atoms. The van der Waals surface area contributed by atoms with Crippen molar-refractivity contribution in [2.75, 3.05) is 6.54 Å². The maximum atomic E-state index is 12.4. The molecule has 0 spiro atoms. The minimum atomic E-state index is -0.467. The lowest BCUT2D eigenvalue weighted by Crippen LogP contribution is -2.41. The van der Waals surface area contributed by atoms with Gasteiger partial charge in [0.25, 0.3) is 5.91 Å². The zero-order chi connectivity index (χ0) is 13.9. The molecule has 1 fully saturated rings. The second kappa shape index (κ2) is 5.51. The number of amides is 1. The van der Waals surface area contributed by atoms with Crippen LogP contribution in [0.2, 0.25) is 0 Å². The fourth-order valence-electron chi connectivity index (χ4n) is 2.74. The second-order valence-electron chi connectivity index (χ2n) is 5.12. The van der Waals surface area contributed by atoms with Crippen LogP contribution in [0.25, 0.3) is 0 Å². The van der Waals surface area contributed by atoms with Gasteiger partial charge in [-0.3, -0.25) is 4.79 Å². The summed E-state index contributed by atoms with van der Waals surface area (Å²) in [6.07, 6.45) is 3.77. The molecule has 4 nitrogen and oxygen atoms in total. The lowest BCUT2D eigenvalue weighted by molar-refractivity contribution is 0.0639. The van der Waals surface area contributed by atoms with Crippen LogP contribution in [0.3, 0.4) is 0 Å². The number of rotatable bonds is 3. The highest BCUT2D eigenvalue weighted by Gasteiger charge is 2.36. The number of likely N-dealkylation sites (tertiary alicyclic amines) is 1. The van der Waals surface area contributed by atoms with Crippen molar-refractivity contribution in [1.29, 1.82) is 0 Å². The average Bonchev–Trinajstić information content (AvgIpc) is 3.11. The monoisotopic (exact) mass is 271 g/mol. The molecular formula is C16H17NO3. The van der Waals surface area contributed by atoms with Gasteiger partial charge in [0.1, 0.15) is 6.26 Å². The van der Waals surface area contributed by atoms with Crippen molar-refractivity contribution in [3.63, 3.8) is 0 Å². The van der Waals surface area contributed by atoms with Crippen LogP contribution in [-0.2, 0) is 6.42 Å². The van der Waals surface area contributed by atoms with Gasteiger partial charge in [0.2, 0.25) is 0 Å². The van der Waals surface area contributed by atoms with Crippen LogP contribution in [0.1, 0.15) is 22.3 Å². The van der Waals surface area contributed by atoms with Crippen molar-refractivity contribution in [2.24, 2.45) is 0 Å². The molecular weight excluding hydrogens is 254 g/mol. The molecule has 3 rings (SSSR count). The molecule has 0 radical (unpaired) electrons. The molecule has 1 aliphatic rings. The summed E-state index contributed by atoms with van der Waals surface area (Å²) in [5, 5.41) is 10.1. The van der Waals surface area contributed by atoms with Gasteiger partial charge in [-0.15, -0.1) is 0 Å². The molecule has 1 N–H and O–H groups in total. The van der Waals surface area contributed by atoms with Crippen LogP contribution in [0.15, 0.2) is 53.3 Å². The third-order valence-electron chi connectivity index (χ3n) is 3.83. The molecule has 2 aromatic rings. The Morgan fingerprint density at radius 3 is 2.80 bits per heavy atom. The number of nitrogens with zero attached hydrogens (tertiary/aromatic N) is 1. The van der Waals surface area contributed by atoms with Gasteiger partial charge in [-0.2, -0.15) is 0 Å². The predicted octanol–water partition coefficient (Wildman–Crippen LogP) is 2.10. The first kappa shape index (κ1) is 12.9. The van der Waals surface area contributed by atoms with Crippen LogP contribution in [0.4, 0.5) is 0 Å². The third-order valence-corrected chi connectivity index (χ3v) is 3.83. The van der Waals surface area contributed by atoms with Gasteiger partial charge in [-0.25, -0.2) is 0 Å². The fourth-order valence-corrected chi connectivity index (χ4v) is 2.74. The molecule has 0 bridgehead atoms. The highest BCUT2D eigenvalue weighted by atomic mass is 16.3. The van der Waals surface area contributed by atoms with E-state index in [1.807, 2.05) is 30.3 Å². The summed E-state index contributed by atoms with van der Waals surface area (Å²) in [5.74, 6) is -0.0729. The van der Waals surface area contributed by atoms with E-state index in [0.717, 1.165) is 5.56 Å². The Hall–Kier alpha value is -2.07. The maximum Gasteiger partial charge on any atom is 0.257 e. The van der Waals surface area contributed by atoms with Crippen molar-refractivity contribution in [3.05, 3.63) is 60.1 Å². The Labute approximate surface area is 117 Å². The van der Waals surface area contributed by atoms with Gasteiger partial charge in [-0.1, -0.05) is 30.3 Å². The summed E-state index contributed by atoms with van der Waals surface area (Å²) < 4.78 is 4.97. The molecule has 2 heterocycles. The first-order valence-corrected chi connectivity index (χ1v) is 6.81. The smallest absolute Gasteiger partial charge is 0.257 e. The van der Waals surface area contributed by atoms with Crippen LogP contribution in [0, 0.1) is 0 Å². The maximum absolute atomic E-state index is 12.4. The molecule has 104 valence electrons. The molecule has 1 aliphatic heterocycles. The van der Waals surface area contributed by atoms with Gasteiger partial charge in [-0.05, 0) is 24.5 Å². The van der Waals surface area contributed by atoms with E-state index in [1.54, 1.807) is 11.0 Å². The first-order chi connectivity index (χ1) is 9.75. The van der Waals surface area contributed by atoms with Gasteiger partial charge in [0, 0.05) is 6.54 Å². The van der Waals surface area contributed by atoms with Gasteiger partial charge in [0.15, 0.2) is 0 Å². The highest BCUT2D eigenvalue weighted by Crippen LogP contribution is 2.24. The average molecular weight is 271 g/mol. The molecule has 1 saturated heterocycles. The Kier molecular flexibility index (Phi) is 3.56. The van der Waals surface area contributed by atoms with E-state index in [9.17, 15) is 9.90 Å². The molecule has 0 aliphatic carbocycles. The number of furan rings is 1. The molecule has 1 amide bonds. The summed E-state index contributed by atoms with van der Waals surface area (Å²) in [4.78, 5) is 14.2. The summed E-state index contributed by atoms with van der Waals surface area (Å²) in [6.45, 7) is 0.586. The number of aliphatic hydroxyl groups is 1. The van der Waals surface area contributed by atoms with Crippen LogP contribution in [-0.4, -0.2) is 34.6 Å².